The van der Waals surface area contributed by atoms with Crippen LogP contribution < -0.4 is 8.92 Å². The van der Waals surface area contributed by atoms with Crippen LogP contribution in [0, 0.1) is 0 Å². The van der Waals surface area contributed by atoms with Crippen molar-refractivity contribution in [1.29, 1.82) is 0 Å². The van der Waals surface area contributed by atoms with Gasteiger partial charge in [-0.15, -0.1) is 0 Å². The van der Waals surface area contributed by atoms with E-state index in [0.717, 1.165) is 24.3 Å². The molecule has 0 unspecified atom stereocenters. The summed E-state index contributed by atoms with van der Waals surface area (Å²) >= 11 is 1.36. The van der Waals surface area contributed by atoms with Crippen molar-refractivity contribution in [3.63, 3.8) is 0 Å². The summed E-state index contributed by atoms with van der Waals surface area (Å²) in [6, 6.07) is 16.6. The molecule has 2 nitrogen and oxygen atoms in total. The molecule has 2 aromatic carbocycles. The van der Waals surface area contributed by atoms with E-state index in [4.69, 9.17) is 8.92 Å². The van der Waals surface area contributed by atoms with Crippen LogP contribution in [0.3, 0.4) is 0 Å². The molecule has 21 heavy (non-hydrogen) atoms. The average Bonchev–Trinajstić information content (AvgIpc) is 2.51. The van der Waals surface area contributed by atoms with Crippen molar-refractivity contribution in [2.45, 2.75) is 26.2 Å². The second kappa shape index (κ2) is 8.63. The fraction of sp³-hybridized carbons (Fsp3) is 0.333. The van der Waals surface area contributed by atoms with Gasteiger partial charge in [0.15, 0.2) is 0 Å². The van der Waals surface area contributed by atoms with Crippen LogP contribution in [0.5, 0.6) is 11.5 Å². The van der Waals surface area contributed by atoms with Crippen LogP contribution in [0.1, 0.15) is 24.5 Å². The van der Waals surface area contributed by atoms with E-state index in [0.29, 0.717) is 6.61 Å². The van der Waals surface area contributed by atoms with Crippen LogP contribution in [0.2, 0.25) is 0 Å². The van der Waals surface area contributed by atoms with Crippen molar-refractivity contribution in [3.05, 3.63) is 59.7 Å². The van der Waals surface area contributed by atoms with Gasteiger partial charge in [-0.25, -0.2) is 0 Å². The summed E-state index contributed by atoms with van der Waals surface area (Å²) in [7, 11) is 0. The summed E-state index contributed by atoms with van der Waals surface area (Å²) in [5.74, 6) is 1.83. The normalized spacial score (nSPS) is 10.4. The van der Waals surface area contributed by atoms with Crippen LogP contribution in [0.4, 0.5) is 0 Å². The van der Waals surface area contributed by atoms with Crippen LogP contribution in [0.15, 0.2) is 48.5 Å². The first-order valence-electron chi connectivity index (χ1n) is 7.33. The molecule has 112 valence electrons. The molecule has 0 N–H and O–H groups in total. The Hall–Kier alpha value is -1.61. The van der Waals surface area contributed by atoms with Gasteiger partial charge in [-0.2, -0.15) is 0 Å². The van der Waals surface area contributed by atoms with Crippen molar-refractivity contribution < 1.29 is 8.92 Å². The highest BCUT2D eigenvalue weighted by atomic mass is 32.2. The lowest BCUT2D eigenvalue weighted by atomic mass is 10.1. The minimum Gasteiger partial charge on any atom is -0.493 e. The van der Waals surface area contributed by atoms with Gasteiger partial charge in [0.25, 0.3) is 0 Å². The lowest BCUT2D eigenvalue weighted by Crippen LogP contribution is -2.01. The van der Waals surface area contributed by atoms with E-state index in [-0.39, 0.29) is 0 Å². The van der Waals surface area contributed by atoms with Crippen molar-refractivity contribution in [2.24, 2.45) is 0 Å². The fourth-order valence-corrected chi connectivity index (χ4v) is 2.44. The fourth-order valence-electron chi connectivity index (χ4n) is 2.14. The molecule has 0 atom stereocenters. The molecular formula is C18H22O2S. The SMILES string of the molecule is CCCc1ccc(OCCc2ccc(OSC)cc2)cc1. The molecule has 0 aliphatic rings. The monoisotopic (exact) mass is 302 g/mol. The van der Waals surface area contributed by atoms with E-state index in [2.05, 4.69) is 43.3 Å². The lowest BCUT2D eigenvalue weighted by molar-refractivity contribution is 0.322. The second-order valence-electron chi connectivity index (χ2n) is 4.89. The van der Waals surface area contributed by atoms with Gasteiger partial charge in [0.1, 0.15) is 11.5 Å². The number of hydrogen-bond acceptors (Lipinski definition) is 3. The van der Waals surface area contributed by atoms with E-state index in [1.54, 1.807) is 0 Å². The zero-order valence-electron chi connectivity index (χ0n) is 12.7. The van der Waals surface area contributed by atoms with E-state index in [9.17, 15) is 0 Å². The molecule has 0 amide bonds. The van der Waals surface area contributed by atoms with Crippen LogP contribution in [0.25, 0.3) is 0 Å². The highest BCUT2D eigenvalue weighted by molar-refractivity contribution is 7.94. The van der Waals surface area contributed by atoms with Crippen molar-refractivity contribution in [1.82, 2.24) is 0 Å². The third kappa shape index (κ3) is 5.35. The molecule has 0 bridgehead atoms. The Morgan fingerprint density at radius 1 is 0.810 bits per heavy atom. The third-order valence-corrected chi connectivity index (χ3v) is 3.58. The average molecular weight is 302 g/mol. The van der Waals surface area contributed by atoms with Crippen molar-refractivity contribution in [2.75, 3.05) is 12.9 Å². The number of benzene rings is 2. The van der Waals surface area contributed by atoms with Gasteiger partial charge in [-0.3, -0.25) is 0 Å². The molecule has 0 saturated carbocycles. The molecule has 0 spiro atoms. The summed E-state index contributed by atoms with van der Waals surface area (Å²) < 4.78 is 11.1. The van der Waals surface area contributed by atoms with Crippen molar-refractivity contribution in [3.8, 4) is 11.5 Å². The van der Waals surface area contributed by atoms with Gasteiger partial charge in [0.05, 0.1) is 18.6 Å². The van der Waals surface area contributed by atoms with Crippen LogP contribution in [-0.4, -0.2) is 12.9 Å². The Morgan fingerprint density at radius 2 is 1.38 bits per heavy atom. The largest absolute Gasteiger partial charge is 0.493 e. The third-order valence-electron chi connectivity index (χ3n) is 3.22. The smallest absolute Gasteiger partial charge is 0.137 e. The summed E-state index contributed by atoms with van der Waals surface area (Å²) in [4.78, 5) is 0. The van der Waals surface area contributed by atoms with Gasteiger partial charge >= 0.3 is 0 Å². The molecule has 0 heterocycles. The quantitative estimate of drug-likeness (QED) is 0.645. The van der Waals surface area contributed by atoms with Crippen LogP contribution >= 0.6 is 12.0 Å². The van der Waals surface area contributed by atoms with E-state index >= 15 is 0 Å². The molecule has 0 radical (unpaired) electrons. The standard InChI is InChI=1S/C18H22O2S/c1-3-4-15-5-9-17(10-6-15)19-14-13-16-7-11-18(12-8-16)20-21-2/h5-12H,3-4,13-14H2,1-2H3. The maximum Gasteiger partial charge on any atom is 0.137 e. The number of ether oxygens (including phenoxy) is 1. The molecule has 0 aliphatic heterocycles. The van der Waals surface area contributed by atoms with Gasteiger partial charge in [0.2, 0.25) is 0 Å². The van der Waals surface area contributed by atoms with E-state index in [1.807, 2.05) is 18.4 Å². The van der Waals surface area contributed by atoms with E-state index in [1.165, 1.54) is 29.6 Å². The highest BCUT2D eigenvalue weighted by Crippen LogP contribution is 2.17. The Kier molecular flexibility index (Phi) is 6.48. The minimum atomic E-state index is 0.690. The number of hydrogen-bond donors (Lipinski definition) is 0. The first-order chi connectivity index (χ1) is 10.3. The van der Waals surface area contributed by atoms with Crippen molar-refractivity contribution >= 4 is 12.0 Å². The molecule has 0 saturated heterocycles. The van der Waals surface area contributed by atoms with E-state index < -0.39 is 0 Å². The second-order valence-corrected chi connectivity index (χ2v) is 5.39. The molecule has 2 rings (SSSR count). The molecule has 0 aliphatic carbocycles. The summed E-state index contributed by atoms with van der Waals surface area (Å²) in [6.07, 6.45) is 5.12. The maximum absolute atomic E-state index is 5.79. The van der Waals surface area contributed by atoms with Gasteiger partial charge in [0, 0.05) is 12.7 Å². The van der Waals surface area contributed by atoms with Crippen LogP contribution in [-0.2, 0) is 12.8 Å². The number of rotatable bonds is 8. The summed E-state index contributed by atoms with van der Waals surface area (Å²) in [6.45, 7) is 2.88. The topological polar surface area (TPSA) is 18.5 Å². The Bertz CT molecular complexity index is 470. The predicted octanol–water partition coefficient (Wildman–Crippen LogP) is 4.92. The Labute approximate surface area is 131 Å². The molecule has 0 fully saturated rings. The zero-order valence-corrected chi connectivity index (χ0v) is 13.5. The predicted molar refractivity (Wildman–Crippen MR) is 90.2 cm³/mol. The van der Waals surface area contributed by atoms with Gasteiger partial charge < -0.3 is 8.92 Å². The summed E-state index contributed by atoms with van der Waals surface area (Å²) in [5.41, 5.74) is 2.63. The molecule has 2 aromatic rings. The molecule has 0 aromatic heterocycles. The summed E-state index contributed by atoms with van der Waals surface area (Å²) in [5, 5.41) is 0. The van der Waals surface area contributed by atoms with Gasteiger partial charge in [-0.05, 0) is 41.8 Å². The van der Waals surface area contributed by atoms with Gasteiger partial charge in [-0.1, -0.05) is 37.6 Å². The lowest BCUT2D eigenvalue weighted by Gasteiger charge is -2.08. The maximum atomic E-state index is 5.79. The Morgan fingerprint density at radius 3 is 1.95 bits per heavy atom. The number of aryl methyl sites for hydroxylation is 1. The zero-order chi connectivity index (χ0) is 14.9. The highest BCUT2D eigenvalue weighted by Gasteiger charge is 1.98. The molecule has 3 heteroatoms. The first-order valence-corrected chi connectivity index (χ1v) is 8.48. The first kappa shape index (κ1) is 15.8. The Balaban J connectivity index is 1.78. The molecular weight excluding hydrogens is 280 g/mol. The minimum absolute atomic E-state index is 0.690.